The monoisotopic (exact) mass is 467 g/mol. The molecule has 162 valence electrons. The van der Waals surface area contributed by atoms with Gasteiger partial charge in [-0.25, -0.2) is 15.0 Å². The third-order valence-corrected chi connectivity index (χ3v) is 6.08. The fraction of sp³-hybridized carbons (Fsp3) is 0.143. The second-order valence-corrected chi connectivity index (χ2v) is 8.40. The summed E-state index contributed by atoms with van der Waals surface area (Å²) in [5, 5.41) is 16.6. The molecule has 0 saturated carbocycles. The highest BCUT2D eigenvalue weighted by Gasteiger charge is 2.21. The predicted molar refractivity (Wildman–Crippen MR) is 123 cm³/mol. The molecule has 1 aromatic carbocycles. The summed E-state index contributed by atoms with van der Waals surface area (Å²) in [6.07, 6.45) is 3.37. The van der Waals surface area contributed by atoms with E-state index in [1.165, 1.54) is 35.4 Å². The van der Waals surface area contributed by atoms with E-state index in [1.807, 2.05) is 6.26 Å². The minimum Gasteiger partial charge on any atom is -0.461 e. The van der Waals surface area contributed by atoms with Crippen LogP contribution in [0.2, 0.25) is 0 Å². The van der Waals surface area contributed by atoms with E-state index in [-0.39, 0.29) is 11.6 Å². The summed E-state index contributed by atoms with van der Waals surface area (Å²) in [7, 11) is 0. The Morgan fingerprint density at radius 3 is 2.72 bits per heavy atom. The molecule has 4 aromatic rings. The van der Waals surface area contributed by atoms with Gasteiger partial charge in [-0.2, -0.15) is 0 Å². The van der Waals surface area contributed by atoms with Crippen LogP contribution in [-0.4, -0.2) is 32.0 Å². The zero-order valence-corrected chi connectivity index (χ0v) is 18.9. The zero-order valence-electron chi connectivity index (χ0n) is 17.3. The fourth-order valence-corrected chi connectivity index (χ4v) is 4.40. The normalized spacial score (nSPS) is 10.8. The van der Waals surface area contributed by atoms with Gasteiger partial charge in [-0.3, -0.25) is 20.2 Å². The molecular weight excluding hydrogens is 450 g/mol. The average Bonchev–Trinajstić information content (AvgIpc) is 3.45. The molecule has 32 heavy (non-hydrogen) atoms. The second-order valence-electron chi connectivity index (χ2n) is 6.74. The summed E-state index contributed by atoms with van der Waals surface area (Å²) >= 11 is 2.56. The first-order valence-corrected chi connectivity index (χ1v) is 11.5. The van der Waals surface area contributed by atoms with E-state index in [0.29, 0.717) is 49.8 Å². The second kappa shape index (κ2) is 8.89. The van der Waals surface area contributed by atoms with Gasteiger partial charge in [0.25, 0.3) is 11.6 Å². The van der Waals surface area contributed by atoms with Crippen molar-refractivity contribution in [3.63, 3.8) is 0 Å². The van der Waals surface area contributed by atoms with Crippen molar-refractivity contribution in [3.8, 4) is 22.8 Å². The number of thiazole rings is 1. The van der Waals surface area contributed by atoms with Gasteiger partial charge in [-0.15, -0.1) is 23.1 Å². The van der Waals surface area contributed by atoms with Gasteiger partial charge < -0.3 is 4.42 Å². The number of hydrogen-bond acceptors (Lipinski definition) is 9. The lowest BCUT2D eigenvalue weighted by molar-refractivity contribution is -0.385. The lowest BCUT2D eigenvalue weighted by Crippen LogP contribution is -2.16. The number of nitrogens with zero attached hydrogens (tertiary/aromatic N) is 4. The molecule has 0 aliphatic rings. The Morgan fingerprint density at radius 1 is 1.22 bits per heavy atom. The maximum atomic E-state index is 13.0. The van der Waals surface area contributed by atoms with Crippen LogP contribution in [0.15, 0.2) is 51.4 Å². The number of nitrogens with one attached hydrogen (secondary N) is 1. The van der Waals surface area contributed by atoms with Crippen molar-refractivity contribution in [1.29, 1.82) is 0 Å². The van der Waals surface area contributed by atoms with E-state index in [0.717, 1.165) is 0 Å². The third-order valence-electron chi connectivity index (χ3n) is 4.64. The van der Waals surface area contributed by atoms with Crippen molar-refractivity contribution < 1.29 is 14.1 Å². The van der Waals surface area contributed by atoms with Gasteiger partial charge >= 0.3 is 0 Å². The van der Waals surface area contributed by atoms with E-state index in [4.69, 9.17) is 4.42 Å². The standard InChI is InChI=1S/C21H17N5O4S2/c1-11-6-7-13(9-15(11)26(28)29)14-10-32-21(23-14)25-19(27)17-12(2)22-18(24-20(17)31-3)16-5-4-8-30-16/h4-10H,1-3H3,(H,23,25,27). The van der Waals surface area contributed by atoms with Gasteiger partial charge in [-0.05, 0) is 32.2 Å². The van der Waals surface area contributed by atoms with Crippen molar-refractivity contribution in [2.45, 2.75) is 18.9 Å². The first-order chi connectivity index (χ1) is 15.4. The number of thioether (sulfide) groups is 1. The highest BCUT2D eigenvalue weighted by atomic mass is 32.2. The van der Waals surface area contributed by atoms with Gasteiger partial charge in [0.05, 0.1) is 28.1 Å². The summed E-state index contributed by atoms with van der Waals surface area (Å²) < 4.78 is 5.36. The first-order valence-electron chi connectivity index (χ1n) is 9.36. The number of amides is 1. The molecule has 9 nitrogen and oxygen atoms in total. The van der Waals surface area contributed by atoms with E-state index >= 15 is 0 Å². The highest BCUT2D eigenvalue weighted by molar-refractivity contribution is 7.98. The Morgan fingerprint density at radius 2 is 2.03 bits per heavy atom. The highest BCUT2D eigenvalue weighted by Crippen LogP contribution is 2.30. The van der Waals surface area contributed by atoms with Crippen LogP contribution in [0.25, 0.3) is 22.8 Å². The number of aryl methyl sites for hydroxylation is 2. The largest absolute Gasteiger partial charge is 0.461 e. The number of nitro groups is 1. The molecule has 0 saturated heterocycles. The number of furan rings is 1. The molecule has 0 spiro atoms. The van der Waals surface area contributed by atoms with Crippen LogP contribution in [0.5, 0.6) is 0 Å². The number of benzene rings is 1. The molecule has 1 N–H and O–H groups in total. The van der Waals surface area contributed by atoms with Gasteiger partial charge in [0.2, 0.25) is 0 Å². The molecule has 0 atom stereocenters. The average molecular weight is 468 g/mol. The minimum absolute atomic E-state index is 0.0233. The van der Waals surface area contributed by atoms with Crippen LogP contribution in [0.1, 0.15) is 21.6 Å². The summed E-state index contributed by atoms with van der Waals surface area (Å²) in [4.78, 5) is 37.1. The fourth-order valence-electron chi connectivity index (χ4n) is 3.06. The van der Waals surface area contributed by atoms with E-state index in [2.05, 4.69) is 20.3 Å². The smallest absolute Gasteiger partial charge is 0.272 e. The molecule has 0 fully saturated rings. The van der Waals surface area contributed by atoms with Crippen LogP contribution < -0.4 is 5.32 Å². The molecule has 3 heterocycles. The van der Waals surface area contributed by atoms with E-state index in [9.17, 15) is 14.9 Å². The molecule has 11 heteroatoms. The van der Waals surface area contributed by atoms with Crippen LogP contribution in [0.3, 0.4) is 0 Å². The number of rotatable bonds is 6. The third kappa shape index (κ3) is 4.25. The number of carbonyl (C=O) groups excluding carboxylic acids is 1. The van der Waals surface area contributed by atoms with Gasteiger partial charge in [0.15, 0.2) is 16.7 Å². The molecule has 0 radical (unpaired) electrons. The van der Waals surface area contributed by atoms with Crippen LogP contribution in [0.4, 0.5) is 10.8 Å². The quantitative estimate of drug-likeness (QED) is 0.174. The summed E-state index contributed by atoms with van der Waals surface area (Å²) in [5.41, 5.74) is 2.61. The Bertz CT molecular complexity index is 1320. The number of carbonyl (C=O) groups is 1. The Kier molecular flexibility index (Phi) is 6.01. The maximum Gasteiger partial charge on any atom is 0.272 e. The summed E-state index contributed by atoms with van der Waals surface area (Å²) in [5.74, 6) is 0.548. The van der Waals surface area contributed by atoms with Crippen LogP contribution in [-0.2, 0) is 0 Å². The summed E-state index contributed by atoms with van der Waals surface area (Å²) in [6.45, 7) is 3.42. The molecule has 0 aliphatic carbocycles. The number of anilines is 1. The minimum atomic E-state index is -0.424. The van der Waals surface area contributed by atoms with Crippen molar-refractivity contribution in [2.24, 2.45) is 0 Å². The van der Waals surface area contributed by atoms with Crippen LogP contribution in [0, 0.1) is 24.0 Å². The van der Waals surface area contributed by atoms with Crippen molar-refractivity contribution in [2.75, 3.05) is 11.6 Å². The lowest BCUT2D eigenvalue weighted by atomic mass is 10.1. The molecular formula is C21H17N5O4S2. The summed E-state index contributed by atoms with van der Waals surface area (Å²) in [6, 6.07) is 8.42. The SMILES string of the molecule is CSc1nc(-c2ccco2)nc(C)c1C(=O)Nc1nc(-c2ccc(C)c([N+](=O)[O-])c2)cs1. The Labute approximate surface area is 191 Å². The van der Waals surface area contributed by atoms with Gasteiger partial charge in [0, 0.05) is 22.6 Å². The molecule has 3 aromatic heterocycles. The molecule has 0 unspecified atom stereocenters. The maximum absolute atomic E-state index is 13.0. The number of nitro benzene ring substituents is 1. The molecule has 0 aliphatic heterocycles. The first kappa shape index (κ1) is 21.7. The molecule has 1 amide bonds. The van der Waals surface area contributed by atoms with Crippen molar-refractivity contribution >= 4 is 39.8 Å². The van der Waals surface area contributed by atoms with E-state index < -0.39 is 4.92 Å². The lowest BCUT2D eigenvalue weighted by Gasteiger charge is -2.10. The molecule has 4 rings (SSSR count). The van der Waals surface area contributed by atoms with Gasteiger partial charge in [0.1, 0.15) is 5.03 Å². The predicted octanol–water partition coefficient (Wildman–Crippen LogP) is 5.36. The van der Waals surface area contributed by atoms with Crippen molar-refractivity contribution in [3.05, 3.63) is 68.9 Å². The number of hydrogen-bond donors (Lipinski definition) is 1. The van der Waals surface area contributed by atoms with Crippen LogP contribution >= 0.6 is 23.1 Å². The Hall–Kier alpha value is -3.57. The molecule has 0 bridgehead atoms. The Balaban J connectivity index is 1.60. The topological polar surface area (TPSA) is 124 Å². The number of aromatic nitrogens is 3. The van der Waals surface area contributed by atoms with Crippen molar-refractivity contribution in [1.82, 2.24) is 15.0 Å². The van der Waals surface area contributed by atoms with E-state index in [1.54, 1.807) is 43.5 Å². The zero-order chi connectivity index (χ0) is 22.8. The van der Waals surface area contributed by atoms with Gasteiger partial charge in [-0.1, -0.05) is 12.1 Å².